The van der Waals surface area contributed by atoms with E-state index in [2.05, 4.69) is 20.8 Å². The predicted molar refractivity (Wildman–Crippen MR) is 70.7 cm³/mol. The third-order valence-electron chi connectivity index (χ3n) is 6.62. The molecule has 1 nitrogen and oxygen atoms in total. The first-order chi connectivity index (χ1) is 7.93. The highest BCUT2D eigenvalue weighted by Crippen LogP contribution is 2.64. The molecular formula is C16H28O. The lowest BCUT2D eigenvalue weighted by Crippen LogP contribution is -2.50. The smallest absolute Gasteiger partial charge is 0.0546 e. The van der Waals surface area contributed by atoms with E-state index in [9.17, 15) is 5.11 Å². The van der Waals surface area contributed by atoms with Crippen molar-refractivity contribution in [1.29, 1.82) is 0 Å². The van der Waals surface area contributed by atoms with Crippen molar-refractivity contribution >= 4 is 0 Å². The maximum Gasteiger partial charge on any atom is 0.0546 e. The van der Waals surface area contributed by atoms with Crippen molar-refractivity contribution < 1.29 is 5.11 Å². The van der Waals surface area contributed by atoms with Crippen LogP contribution in [0.3, 0.4) is 0 Å². The Labute approximate surface area is 106 Å². The summed E-state index contributed by atoms with van der Waals surface area (Å²) in [6.45, 7) is 7.52. The molecular weight excluding hydrogens is 208 g/mol. The van der Waals surface area contributed by atoms with Crippen LogP contribution < -0.4 is 0 Å². The molecule has 3 aliphatic rings. The Hall–Kier alpha value is -0.0400. The number of hydrogen-bond donors (Lipinski definition) is 1. The molecule has 0 radical (unpaired) electrons. The van der Waals surface area contributed by atoms with Gasteiger partial charge in [-0.2, -0.15) is 0 Å². The summed E-state index contributed by atoms with van der Waals surface area (Å²) in [5, 5.41) is 9.99. The van der Waals surface area contributed by atoms with Gasteiger partial charge in [0.25, 0.3) is 0 Å². The third kappa shape index (κ3) is 1.69. The molecule has 3 saturated carbocycles. The van der Waals surface area contributed by atoms with Crippen LogP contribution in [0.25, 0.3) is 0 Å². The fraction of sp³-hybridized carbons (Fsp3) is 1.00. The third-order valence-corrected chi connectivity index (χ3v) is 6.62. The van der Waals surface area contributed by atoms with Crippen LogP contribution in [0.2, 0.25) is 0 Å². The van der Waals surface area contributed by atoms with Crippen LogP contribution in [0.15, 0.2) is 0 Å². The first-order valence-electron chi connectivity index (χ1n) is 7.61. The van der Waals surface area contributed by atoms with E-state index >= 15 is 0 Å². The highest BCUT2D eigenvalue weighted by atomic mass is 16.3. The second-order valence-electron chi connectivity index (χ2n) is 7.97. The van der Waals surface area contributed by atoms with Crippen molar-refractivity contribution in [2.75, 3.05) is 0 Å². The van der Waals surface area contributed by atoms with E-state index in [1.54, 1.807) is 0 Å². The van der Waals surface area contributed by atoms with Gasteiger partial charge >= 0.3 is 0 Å². The van der Waals surface area contributed by atoms with Gasteiger partial charge in [0.2, 0.25) is 0 Å². The molecule has 5 atom stereocenters. The average Bonchev–Trinajstić information content (AvgIpc) is 2.58. The molecule has 17 heavy (non-hydrogen) atoms. The SMILES string of the molecule is CC1(C)CCC[C@]2(C)[C@H]3C[C@H](O)C[C@H]3CC[C@@H]12. The molecule has 0 aromatic carbocycles. The number of aliphatic hydroxyl groups is 1. The van der Waals surface area contributed by atoms with Gasteiger partial charge in [0.15, 0.2) is 0 Å². The summed E-state index contributed by atoms with van der Waals surface area (Å²) in [6.07, 6.45) is 9.21. The second-order valence-corrected chi connectivity index (χ2v) is 7.97. The summed E-state index contributed by atoms with van der Waals surface area (Å²) in [7, 11) is 0. The summed E-state index contributed by atoms with van der Waals surface area (Å²) in [5.41, 5.74) is 1.06. The van der Waals surface area contributed by atoms with Crippen LogP contribution in [0.1, 0.15) is 65.7 Å². The first kappa shape index (κ1) is 12.0. The Kier molecular flexibility index (Phi) is 2.63. The molecule has 0 bridgehead atoms. The summed E-state index contributed by atoms with van der Waals surface area (Å²) in [6, 6.07) is 0. The molecule has 0 heterocycles. The normalized spacial score (nSPS) is 52.9. The van der Waals surface area contributed by atoms with Gasteiger partial charge < -0.3 is 5.11 Å². The molecule has 3 fully saturated rings. The molecule has 0 aliphatic heterocycles. The van der Waals surface area contributed by atoms with E-state index in [-0.39, 0.29) is 6.10 Å². The van der Waals surface area contributed by atoms with Gasteiger partial charge in [-0.05, 0) is 67.1 Å². The Morgan fingerprint density at radius 3 is 2.53 bits per heavy atom. The van der Waals surface area contributed by atoms with E-state index in [0.717, 1.165) is 30.6 Å². The Morgan fingerprint density at radius 1 is 1.00 bits per heavy atom. The average molecular weight is 236 g/mol. The minimum Gasteiger partial charge on any atom is -0.393 e. The van der Waals surface area contributed by atoms with Crippen LogP contribution in [0.5, 0.6) is 0 Å². The van der Waals surface area contributed by atoms with Crippen LogP contribution in [0, 0.1) is 28.6 Å². The monoisotopic (exact) mass is 236 g/mol. The summed E-state index contributed by atoms with van der Waals surface area (Å²) >= 11 is 0. The van der Waals surface area contributed by atoms with Crippen molar-refractivity contribution in [3.63, 3.8) is 0 Å². The zero-order valence-corrected chi connectivity index (χ0v) is 11.7. The van der Waals surface area contributed by atoms with E-state index in [1.807, 2.05) is 0 Å². The van der Waals surface area contributed by atoms with Crippen LogP contribution in [-0.2, 0) is 0 Å². The number of hydrogen-bond acceptors (Lipinski definition) is 1. The maximum absolute atomic E-state index is 9.99. The highest BCUT2D eigenvalue weighted by molar-refractivity contribution is 5.06. The molecule has 1 heteroatoms. The standard InChI is InChI=1S/C16H28O/c1-15(2)7-4-8-16(3)13-10-12(17)9-11(13)5-6-14(15)16/h11-14,17H,4-10H2,1-3H3/t11-,12-,13+,14+,16-/m1/s1. The maximum atomic E-state index is 9.99. The molecule has 98 valence electrons. The zero-order chi connectivity index (χ0) is 12.3. The second kappa shape index (κ2) is 3.73. The largest absolute Gasteiger partial charge is 0.393 e. The van der Waals surface area contributed by atoms with E-state index in [4.69, 9.17) is 0 Å². The molecule has 0 aromatic rings. The number of rotatable bonds is 0. The number of aliphatic hydroxyl groups excluding tert-OH is 1. The topological polar surface area (TPSA) is 20.2 Å². The van der Waals surface area contributed by atoms with E-state index in [0.29, 0.717) is 10.8 Å². The highest BCUT2D eigenvalue weighted by Gasteiger charge is 2.56. The lowest BCUT2D eigenvalue weighted by atomic mass is 9.47. The van der Waals surface area contributed by atoms with Crippen molar-refractivity contribution in [1.82, 2.24) is 0 Å². The fourth-order valence-electron chi connectivity index (χ4n) is 5.93. The fourth-order valence-corrected chi connectivity index (χ4v) is 5.93. The zero-order valence-electron chi connectivity index (χ0n) is 11.7. The molecule has 0 saturated heterocycles. The van der Waals surface area contributed by atoms with Gasteiger partial charge in [-0.1, -0.05) is 27.2 Å². The molecule has 3 aliphatic carbocycles. The van der Waals surface area contributed by atoms with Gasteiger partial charge in [0.05, 0.1) is 6.10 Å². The quantitative estimate of drug-likeness (QED) is 0.674. The van der Waals surface area contributed by atoms with Crippen molar-refractivity contribution in [2.24, 2.45) is 28.6 Å². The van der Waals surface area contributed by atoms with Crippen molar-refractivity contribution in [2.45, 2.75) is 71.8 Å². The molecule has 0 unspecified atom stereocenters. The molecule has 1 N–H and O–H groups in total. The molecule has 0 aromatic heterocycles. The predicted octanol–water partition coefficient (Wildman–Crippen LogP) is 4.00. The lowest BCUT2D eigenvalue weighted by molar-refractivity contribution is -0.0882. The van der Waals surface area contributed by atoms with E-state index < -0.39 is 0 Å². The van der Waals surface area contributed by atoms with Crippen LogP contribution in [0.4, 0.5) is 0 Å². The lowest BCUT2D eigenvalue weighted by Gasteiger charge is -2.58. The molecule has 3 rings (SSSR count). The minimum atomic E-state index is 0.00520. The Balaban J connectivity index is 1.92. The Bertz CT molecular complexity index is 309. The summed E-state index contributed by atoms with van der Waals surface area (Å²) in [4.78, 5) is 0. The summed E-state index contributed by atoms with van der Waals surface area (Å²) in [5.74, 6) is 2.55. The van der Waals surface area contributed by atoms with Crippen molar-refractivity contribution in [3.05, 3.63) is 0 Å². The van der Waals surface area contributed by atoms with Gasteiger partial charge in [0, 0.05) is 0 Å². The Morgan fingerprint density at radius 2 is 1.76 bits per heavy atom. The van der Waals surface area contributed by atoms with Gasteiger partial charge in [0.1, 0.15) is 0 Å². The molecule has 0 spiro atoms. The minimum absolute atomic E-state index is 0.00520. The number of fused-ring (bicyclic) bond motifs is 3. The van der Waals surface area contributed by atoms with Crippen LogP contribution >= 0.6 is 0 Å². The van der Waals surface area contributed by atoms with Gasteiger partial charge in [-0.25, -0.2) is 0 Å². The van der Waals surface area contributed by atoms with Crippen molar-refractivity contribution in [3.8, 4) is 0 Å². The summed E-state index contributed by atoms with van der Waals surface area (Å²) < 4.78 is 0. The van der Waals surface area contributed by atoms with Gasteiger partial charge in [-0.15, -0.1) is 0 Å². The first-order valence-corrected chi connectivity index (χ1v) is 7.61. The molecule has 0 amide bonds. The van der Waals surface area contributed by atoms with E-state index in [1.165, 1.54) is 32.1 Å². The van der Waals surface area contributed by atoms with Gasteiger partial charge in [-0.3, -0.25) is 0 Å². The van der Waals surface area contributed by atoms with Crippen LogP contribution in [-0.4, -0.2) is 11.2 Å².